The van der Waals surface area contributed by atoms with Crippen molar-refractivity contribution in [1.29, 1.82) is 0 Å². The molecule has 0 radical (unpaired) electrons. The van der Waals surface area contributed by atoms with Crippen LogP contribution in [0.15, 0.2) is 0 Å². The van der Waals surface area contributed by atoms with Gasteiger partial charge in [-0.05, 0) is 25.7 Å². The fourth-order valence-electron chi connectivity index (χ4n) is 1.49. The van der Waals surface area contributed by atoms with Crippen molar-refractivity contribution in [3.05, 3.63) is 0 Å². The second-order valence-corrected chi connectivity index (χ2v) is 6.54. The number of hydrogen-bond acceptors (Lipinski definition) is 3. The van der Waals surface area contributed by atoms with Crippen LogP contribution in [-0.4, -0.2) is 35.6 Å². The topological polar surface area (TPSA) is 122 Å². The Hall–Kier alpha value is -1.79. The summed E-state index contributed by atoms with van der Waals surface area (Å²) in [4.78, 5) is 33.9. The van der Waals surface area contributed by atoms with Crippen molar-refractivity contribution in [2.24, 2.45) is 16.6 Å². The fraction of sp³-hybridized carbons (Fsp3) is 0.769. The summed E-state index contributed by atoms with van der Waals surface area (Å²) in [6.45, 7) is 8.72. The molecule has 0 saturated heterocycles. The predicted molar refractivity (Wildman–Crippen MR) is 75.0 cm³/mol. The minimum Gasteiger partial charge on any atom is -0.481 e. The number of hydrogen-bond donors (Lipinski definition) is 4. The lowest BCUT2D eigenvalue weighted by atomic mass is 9.86. The Balaban J connectivity index is 4.37. The molecule has 0 aliphatic heterocycles. The molecule has 7 nitrogen and oxygen atoms in total. The first kappa shape index (κ1) is 18.2. The van der Waals surface area contributed by atoms with E-state index in [1.165, 1.54) is 0 Å². The highest BCUT2D eigenvalue weighted by Gasteiger charge is 2.31. The Morgan fingerprint density at radius 2 is 1.65 bits per heavy atom. The van der Waals surface area contributed by atoms with Crippen LogP contribution in [0, 0.1) is 10.8 Å². The van der Waals surface area contributed by atoms with E-state index < -0.39 is 34.8 Å². The molecule has 1 atom stereocenters. The highest BCUT2D eigenvalue weighted by molar-refractivity contribution is 5.86. The Morgan fingerprint density at radius 3 is 2.00 bits per heavy atom. The molecule has 20 heavy (non-hydrogen) atoms. The number of carbonyl (C=O) groups excluding carboxylic acids is 2. The van der Waals surface area contributed by atoms with Crippen molar-refractivity contribution in [1.82, 2.24) is 10.6 Å². The molecule has 0 fully saturated rings. The molecule has 7 heteroatoms. The van der Waals surface area contributed by atoms with Gasteiger partial charge in [0.15, 0.2) is 0 Å². The first-order chi connectivity index (χ1) is 8.88. The lowest BCUT2D eigenvalue weighted by Crippen LogP contribution is -2.54. The van der Waals surface area contributed by atoms with E-state index in [4.69, 9.17) is 10.8 Å². The van der Waals surface area contributed by atoms with Crippen LogP contribution >= 0.6 is 0 Å². The maximum atomic E-state index is 11.7. The van der Waals surface area contributed by atoms with Crippen molar-refractivity contribution in [2.45, 2.75) is 47.1 Å². The number of primary amides is 1. The molecule has 0 saturated carbocycles. The molecule has 116 valence electrons. The number of urea groups is 1. The second-order valence-electron chi connectivity index (χ2n) is 6.54. The summed E-state index contributed by atoms with van der Waals surface area (Å²) in [5.41, 5.74) is 3.84. The average Bonchev–Trinajstić information content (AvgIpc) is 2.23. The van der Waals surface area contributed by atoms with Gasteiger partial charge >= 0.3 is 12.0 Å². The first-order valence-electron chi connectivity index (χ1n) is 6.45. The van der Waals surface area contributed by atoms with Crippen molar-refractivity contribution in [2.75, 3.05) is 6.54 Å². The zero-order valence-corrected chi connectivity index (χ0v) is 12.7. The minimum atomic E-state index is -0.926. The van der Waals surface area contributed by atoms with Gasteiger partial charge in [-0.25, -0.2) is 4.79 Å². The van der Waals surface area contributed by atoms with Gasteiger partial charge in [0, 0.05) is 6.54 Å². The predicted octanol–water partition coefficient (Wildman–Crippen LogP) is 0.687. The van der Waals surface area contributed by atoms with Crippen LogP contribution in [0.4, 0.5) is 4.79 Å². The molecule has 3 amide bonds. The molecule has 1 unspecified atom stereocenters. The van der Waals surface area contributed by atoms with Crippen molar-refractivity contribution < 1.29 is 19.5 Å². The fourth-order valence-corrected chi connectivity index (χ4v) is 1.49. The normalized spacial score (nSPS) is 13.4. The van der Waals surface area contributed by atoms with Crippen LogP contribution in [0.2, 0.25) is 0 Å². The second kappa shape index (κ2) is 6.58. The zero-order chi connectivity index (χ0) is 16.1. The van der Waals surface area contributed by atoms with Gasteiger partial charge in [-0.3, -0.25) is 9.59 Å². The minimum absolute atomic E-state index is 0.195. The van der Waals surface area contributed by atoms with Gasteiger partial charge in [0.05, 0.1) is 5.41 Å². The number of carboxylic acids is 1. The molecule has 0 bridgehead atoms. The summed E-state index contributed by atoms with van der Waals surface area (Å²) in [5, 5.41) is 14.0. The van der Waals surface area contributed by atoms with E-state index in [1.807, 2.05) is 0 Å². The maximum Gasteiger partial charge on any atom is 0.315 e. The number of nitrogens with two attached hydrogens (primary N) is 1. The Labute approximate surface area is 119 Å². The van der Waals surface area contributed by atoms with Gasteiger partial charge in [-0.2, -0.15) is 0 Å². The highest BCUT2D eigenvalue weighted by atomic mass is 16.4. The van der Waals surface area contributed by atoms with E-state index in [2.05, 4.69) is 10.6 Å². The van der Waals surface area contributed by atoms with Gasteiger partial charge in [0.1, 0.15) is 6.04 Å². The van der Waals surface area contributed by atoms with Crippen LogP contribution in [0.3, 0.4) is 0 Å². The molecule has 5 N–H and O–H groups in total. The molecule has 0 aliphatic carbocycles. The number of rotatable bonds is 6. The summed E-state index contributed by atoms with van der Waals surface area (Å²) < 4.78 is 0. The van der Waals surface area contributed by atoms with Gasteiger partial charge in [-0.1, -0.05) is 20.8 Å². The van der Waals surface area contributed by atoms with Gasteiger partial charge in [0.25, 0.3) is 0 Å². The largest absolute Gasteiger partial charge is 0.481 e. The SMILES string of the molecule is CC(C)(CCNC(=O)NC(C(N)=O)C(C)(C)C)C(=O)O. The van der Waals surface area contributed by atoms with Gasteiger partial charge in [0.2, 0.25) is 5.91 Å². The van der Waals surface area contributed by atoms with Crippen LogP contribution in [-0.2, 0) is 9.59 Å². The first-order valence-corrected chi connectivity index (χ1v) is 6.45. The molecule has 0 aromatic carbocycles. The number of amides is 3. The van der Waals surface area contributed by atoms with Crippen LogP contribution in [0.25, 0.3) is 0 Å². The molecule has 0 spiro atoms. The average molecular weight is 287 g/mol. The Bertz CT molecular complexity index is 386. The van der Waals surface area contributed by atoms with E-state index in [1.54, 1.807) is 34.6 Å². The molecule has 0 heterocycles. The zero-order valence-electron chi connectivity index (χ0n) is 12.7. The summed E-state index contributed by atoms with van der Waals surface area (Å²) in [7, 11) is 0. The molecular formula is C13H25N3O4. The summed E-state index contributed by atoms with van der Waals surface area (Å²) in [5.74, 6) is -1.54. The van der Waals surface area contributed by atoms with Crippen molar-refractivity contribution in [3.63, 3.8) is 0 Å². The lowest BCUT2D eigenvalue weighted by molar-refractivity contribution is -0.147. The molecule has 0 aromatic rings. The number of carbonyl (C=O) groups is 3. The summed E-state index contributed by atoms with van der Waals surface area (Å²) in [6.07, 6.45) is 0.284. The quantitative estimate of drug-likeness (QED) is 0.574. The lowest BCUT2D eigenvalue weighted by Gasteiger charge is -2.29. The number of nitrogens with one attached hydrogen (secondary N) is 2. The van der Waals surface area contributed by atoms with Crippen molar-refractivity contribution in [3.8, 4) is 0 Å². The third-order valence-electron chi connectivity index (χ3n) is 3.04. The summed E-state index contributed by atoms with van der Waals surface area (Å²) in [6, 6.07) is -1.33. The number of aliphatic carboxylic acids is 1. The molecule has 0 rings (SSSR count). The van der Waals surface area contributed by atoms with Crippen LogP contribution in [0.5, 0.6) is 0 Å². The maximum absolute atomic E-state index is 11.7. The third-order valence-corrected chi connectivity index (χ3v) is 3.04. The van der Waals surface area contributed by atoms with Gasteiger partial charge < -0.3 is 21.5 Å². The smallest absolute Gasteiger partial charge is 0.315 e. The molecule has 0 aromatic heterocycles. The Kier molecular flexibility index (Phi) is 5.99. The van der Waals surface area contributed by atoms with E-state index in [0.717, 1.165) is 0 Å². The Morgan fingerprint density at radius 1 is 1.15 bits per heavy atom. The summed E-state index contributed by atoms with van der Waals surface area (Å²) >= 11 is 0. The van der Waals surface area contributed by atoms with Gasteiger partial charge in [-0.15, -0.1) is 0 Å². The third kappa shape index (κ3) is 5.90. The standard InChI is InChI=1S/C13H25N3O4/c1-12(2,3)8(9(14)17)16-11(20)15-7-6-13(4,5)10(18)19/h8H,6-7H2,1-5H3,(H2,14,17)(H,18,19)(H2,15,16,20). The molecule has 0 aliphatic rings. The van der Waals surface area contributed by atoms with E-state index in [9.17, 15) is 14.4 Å². The van der Waals surface area contributed by atoms with Crippen molar-refractivity contribution >= 4 is 17.9 Å². The molecular weight excluding hydrogens is 262 g/mol. The highest BCUT2D eigenvalue weighted by Crippen LogP contribution is 2.20. The van der Waals surface area contributed by atoms with E-state index in [0.29, 0.717) is 0 Å². The van der Waals surface area contributed by atoms with E-state index in [-0.39, 0.29) is 13.0 Å². The van der Waals surface area contributed by atoms with E-state index >= 15 is 0 Å². The monoisotopic (exact) mass is 287 g/mol. The number of carboxylic acid groups (broad SMARTS) is 1. The van der Waals surface area contributed by atoms with Crippen LogP contribution < -0.4 is 16.4 Å². The van der Waals surface area contributed by atoms with Crippen LogP contribution in [0.1, 0.15) is 41.0 Å².